The van der Waals surface area contributed by atoms with Crippen LogP contribution < -0.4 is 15.4 Å². The molecule has 0 radical (unpaired) electrons. The molecule has 1 amide bonds. The van der Waals surface area contributed by atoms with Crippen LogP contribution in [0.1, 0.15) is 53.5 Å². The van der Waals surface area contributed by atoms with E-state index in [9.17, 15) is 4.79 Å². The average Bonchev–Trinajstić information content (AvgIpc) is 3.12. The number of aromatic nitrogens is 3. The minimum absolute atomic E-state index is 0. The van der Waals surface area contributed by atoms with E-state index in [1.165, 1.54) is 0 Å². The highest BCUT2D eigenvalue weighted by Gasteiger charge is 2.21. The van der Waals surface area contributed by atoms with Gasteiger partial charge in [-0.25, -0.2) is 4.68 Å². The number of amides is 1. The molecule has 1 aromatic carbocycles. The van der Waals surface area contributed by atoms with Crippen molar-refractivity contribution in [3.63, 3.8) is 0 Å². The Balaban J connectivity index is 0.00000243. The molecule has 1 aromatic heterocycles. The molecule has 1 fully saturated rings. The van der Waals surface area contributed by atoms with Gasteiger partial charge in [-0.05, 0) is 45.8 Å². The summed E-state index contributed by atoms with van der Waals surface area (Å²) < 4.78 is 7.22. The van der Waals surface area contributed by atoms with E-state index >= 15 is 0 Å². The SMILES string of the molecule is COc1ccc(C)cc1C(C)NC(=O)c1cn(C2CCNCC2)nn1.Cl. The molecule has 0 aliphatic carbocycles. The number of nitrogens with zero attached hydrogens (tertiary/aromatic N) is 3. The minimum atomic E-state index is -0.226. The fourth-order valence-electron chi connectivity index (χ4n) is 3.17. The van der Waals surface area contributed by atoms with Crippen LogP contribution in [0.25, 0.3) is 0 Å². The third-order valence-electron chi connectivity index (χ3n) is 4.63. The van der Waals surface area contributed by atoms with Gasteiger partial charge in [-0.2, -0.15) is 0 Å². The van der Waals surface area contributed by atoms with Crippen LogP contribution in [0.4, 0.5) is 0 Å². The summed E-state index contributed by atoms with van der Waals surface area (Å²) in [5, 5.41) is 14.5. The number of halogens is 1. The maximum Gasteiger partial charge on any atom is 0.273 e. The van der Waals surface area contributed by atoms with Gasteiger partial charge in [0.25, 0.3) is 5.91 Å². The Hall–Kier alpha value is -2.12. The van der Waals surface area contributed by atoms with Gasteiger partial charge in [-0.1, -0.05) is 22.9 Å². The van der Waals surface area contributed by atoms with E-state index in [0.29, 0.717) is 11.7 Å². The lowest BCUT2D eigenvalue weighted by Crippen LogP contribution is -2.29. The standard InChI is InChI=1S/C18H25N5O2.ClH/c1-12-4-5-17(25-3)15(10-12)13(2)20-18(24)16-11-23(22-21-16)14-6-8-19-9-7-14;/h4-5,10-11,13-14,19H,6-9H2,1-3H3,(H,20,24);1H. The van der Waals surface area contributed by atoms with Crippen LogP contribution in [0.15, 0.2) is 24.4 Å². The summed E-state index contributed by atoms with van der Waals surface area (Å²) in [6, 6.07) is 6.05. The third-order valence-corrected chi connectivity index (χ3v) is 4.63. The van der Waals surface area contributed by atoms with Crippen molar-refractivity contribution in [3.8, 4) is 5.75 Å². The fraction of sp³-hybridized carbons (Fsp3) is 0.500. The Morgan fingerprint density at radius 3 is 2.81 bits per heavy atom. The van der Waals surface area contributed by atoms with Gasteiger partial charge >= 0.3 is 0 Å². The van der Waals surface area contributed by atoms with Crippen molar-refractivity contribution >= 4 is 18.3 Å². The molecule has 1 aliphatic heterocycles. The van der Waals surface area contributed by atoms with Gasteiger partial charge in [-0.15, -0.1) is 17.5 Å². The maximum absolute atomic E-state index is 12.5. The molecule has 1 saturated heterocycles. The number of hydrogen-bond acceptors (Lipinski definition) is 5. The normalized spacial score (nSPS) is 15.8. The Kier molecular flexibility index (Phi) is 6.99. The first-order valence-corrected chi connectivity index (χ1v) is 8.66. The zero-order chi connectivity index (χ0) is 17.8. The van der Waals surface area contributed by atoms with Crippen molar-refractivity contribution < 1.29 is 9.53 Å². The Morgan fingerprint density at radius 1 is 1.38 bits per heavy atom. The number of piperidine rings is 1. The van der Waals surface area contributed by atoms with E-state index < -0.39 is 0 Å². The summed E-state index contributed by atoms with van der Waals surface area (Å²) in [7, 11) is 1.63. The van der Waals surface area contributed by atoms with Gasteiger partial charge in [0.2, 0.25) is 0 Å². The molecule has 142 valence electrons. The summed E-state index contributed by atoms with van der Waals surface area (Å²) in [4.78, 5) is 12.5. The summed E-state index contributed by atoms with van der Waals surface area (Å²) in [5.74, 6) is 0.535. The topological polar surface area (TPSA) is 81.1 Å². The molecule has 2 aromatic rings. The maximum atomic E-state index is 12.5. The van der Waals surface area contributed by atoms with Crippen LogP contribution in [0, 0.1) is 6.92 Å². The largest absolute Gasteiger partial charge is 0.496 e. The molecule has 2 heterocycles. The van der Waals surface area contributed by atoms with Crippen LogP contribution in [0.3, 0.4) is 0 Å². The molecule has 0 bridgehead atoms. The first-order valence-electron chi connectivity index (χ1n) is 8.66. The zero-order valence-electron chi connectivity index (χ0n) is 15.4. The highest BCUT2D eigenvalue weighted by atomic mass is 35.5. The van der Waals surface area contributed by atoms with Gasteiger partial charge in [0.05, 0.1) is 25.4 Å². The van der Waals surface area contributed by atoms with E-state index in [1.54, 1.807) is 13.3 Å². The summed E-state index contributed by atoms with van der Waals surface area (Å²) in [6.45, 7) is 5.89. The number of carbonyl (C=O) groups is 1. The molecular weight excluding hydrogens is 354 g/mol. The lowest BCUT2D eigenvalue weighted by molar-refractivity contribution is 0.0934. The number of nitrogens with one attached hydrogen (secondary N) is 2. The lowest BCUT2D eigenvalue weighted by atomic mass is 10.0. The number of carbonyl (C=O) groups excluding carboxylic acids is 1. The number of ether oxygens (including phenoxy) is 1. The van der Waals surface area contributed by atoms with Crippen LogP contribution >= 0.6 is 12.4 Å². The molecule has 1 atom stereocenters. The summed E-state index contributed by atoms with van der Waals surface area (Å²) in [6.07, 6.45) is 3.74. The zero-order valence-corrected chi connectivity index (χ0v) is 16.2. The second kappa shape index (κ2) is 9.00. The molecule has 1 unspecified atom stereocenters. The lowest BCUT2D eigenvalue weighted by Gasteiger charge is -2.22. The first kappa shape index (κ1) is 20.2. The van der Waals surface area contributed by atoms with Gasteiger partial charge in [-0.3, -0.25) is 4.79 Å². The van der Waals surface area contributed by atoms with E-state index in [2.05, 4.69) is 20.9 Å². The minimum Gasteiger partial charge on any atom is -0.496 e. The first-order chi connectivity index (χ1) is 12.1. The van der Waals surface area contributed by atoms with E-state index in [-0.39, 0.29) is 24.4 Å². The third kappa shape index (κ3) is 4.53. The Morgan fingerprint density at radius 2 is 2.12 bits per heavy atom. The number of benzene rings is 1. The predicted molar refractivity (Wildman–Crippen MR) is 102 cm³/mol. The van der Waals surface area contributed by atoms with Crippen LogP contribution in [0.2, 0.25) is 0 Å². The quantitative estimate of drug-likeness (QED) is 0.833. The van der Waals surface area contributed by atoms with E-state index in [4.69, 9.17) is 4.74 Å². The molecular formula is C18H26ClN5O2. The van der Waals surface area contributed by atoms with E-state index in [0.717, 1.165) is 42.8 Å². The van der Waals surface area contributed by atoms with Crippen LogP contribution in [-0.4, -0.2) is 41.1 Å². The number of rotatable bonds is 5. The second-order valence-corrected chi connectivity index (χ2v) is 6.51. The van der Waals surface area contributed by atoms with Crippen molar-refractivity contribution in [2.24, 2.45) is 0 Å². The molecule has 1 aliphatic rings. The summed E-state index contributed by atoms with van der Waals surface area (Å²) in [5.41, 5.74) is 2.41. The molecule has 3 rings (SSSR count). The highest BCUT2D eigenvalue weighted by molar-refractivity contribution is 5.92. The number of methoxy groups -OCH3 is 1. The average molecular weight is 380 g/mol. The monoisotopic (exact) mass is 379 g/mol. The fourth-order valence-corrected chi connectivity index (χ4v) is 3.17. The smallest absolute Gasteiger partial charge is 0.273 e. The molecule has 2 N–H and O–H groups in total. The number of hydrogen-bond donors (Lipinski definition) is 2. The van der Waals surface area contributed by atoms with Crippen molar-refractivity contribution in [3.05, 3.63) is 41.2 Å². The Labute approximate surface area is 159 Å². The molecule has 7 nitrogen and oxygen atoms in total. The molecule has 0 saturated carbocycles. The van der Waals surface area contributed by atoms with Crippen molar-refractivity contribution in [2.45, 2.75) is 38.8 Å². The van der Waals surface area contributed by atoms with Gasteiger partial charge in [0.1, 0.15) is 5.75 Å². The predicted octanol–water partition coefficient (Wildman–Crippen LogP) is 2.43. The van der Waals surface area contributed by atoms with Gasteiger partial charge in [0, 0.05) is 5.56 Å². The van der Waals surface area contributed by atoms with Gasteiger partial charge in [0.15, 0.2) is 5.69 Å². The van der Waals surface area contributed by atoms with Crippen LogP contribution in [0.5, 0.6) is 5.75 Å². The van der Waals surface area contributed by atoms with Gasteiger partial charge < -0.3 is 15.4 Å². The van der Waals surface area contributed by atoms with Crippen molar-refractivity contribution in [1.29, 1.82) is 0 Å². The van der Waals surface area contributed by atoms with Crippen LogP contribution in [-0.2, 0) is 0 Å². The molecule has 8 heteroatoms. The molecule has 0 spiro atoms. The summed E-state index contributed by atoms with van der Waals surface area (Å²) >= 11 is 0. The highest BCUT2D eigenvalue weighted by Crippen LogP contribution is 2.26. The second-order valence-electron chi connectivity index (χ2n) is 6.51. The van der Waals surface area contributed by atoms with E-state index in [1.807, 2.05) is 36.7 Å². The van der Waals surface area contributed by atoms with Crippen molar-refractivity contribution in [2.75, 3.05) is 20.2 Å². The van der Waals surface area contributed by atoms with Crippen molar-refractivity contribution in [1.82, 2.24) is 25.6 Å². The Bertz CT molecular complexity index is 743. The molecule has 26 heavy (non-hydrogen) atoms. The number of aryl methyl sites for hydroxylation is 1.